The third-order valence-corrected chi connectivity index (χ3v) is 1.39. The molecule has 1 saturated heterocycles. The van der Waals surface area contributed by atoms with E-state index in [0.29, 0.717) is 13.1 Å². The highest BCUT2D eigenvalue weighted by Crippen LogP contribution is 2.26. The predicted molar refractivity (Wildman–Crippen MR) is 34.3 cm³/mol. The third kappa shape index (κ3) is 3.27. The van der Waals surface area contributed by atoms with Crippen LogP contribution in [-0.2, 0) is 0 Å². The largest absolute Gasteiger partial charge is 0.389 e. The maximum Gasteiger partial charge on any atom is 0.389 e. The zero-order chi connectivity index (χ0) is 6.91. The van der Waals surface area contributed by atoms with Crippen LogP contribution in [0.5, 0.6) is 0 Å². The van der Waals surface area contributed by atoms with Crippen molar-refractivity contribution in [2.24, 2.45) is 5.92 Å². The Morgan fingerprint density at radius 3 is 1.90 bits per heavy atom. The normalized spacial score (nSPS) is 19.5. The van der Waals surface area contributed by atoms with E-state index in [9.17, 15) is 13.2 Å². The molecule has 62 valence electrons. The van der Waals surface area contributed by atoms with Crippen molar-refractivity contribution in [3.8, 4) is 0 Å². The van der Waals surface area contributed by atoms with Crippen LogP contribution in [0.2, 0.25) is 0 Å². The highest BCUT2D eigenvalue weighted by molar-refractivity contribution is 5.85. The highest BCUT2D eigenvalue weighted by Gasteiger charge is 2.34. The van der Waals surface area contributed by atoms with Gasteiger partial charge in [-0.3, -0.25) is 0 Å². The van der Waals surface area contributed by atoms with Gasteiger partial charge in [0.1, 0.15) is 0 Å². The Labute approximate surface area is 63.4 Å². The Morgan fingerprint density at radius 2 is 1.80 bits per heavy atom. The second kappa shape index (κ2) is 3.44. The van der Waals surface area contributed by atoms with Gasteiger partial charge in [0.15, 0.2) is 0 Å². The maximum atomic E-state index is 11.5. The lowest BCUT2D eigenvalue weighted by Crippen LogP contribution is -2.44. The summed E-state index contributed by atoms with van der Waals surface area (Å²) in [6, 6.07) is 0. The Kier molecular flexibility index (Phi) is 3.45. The summed E-state index contributed by atoms with van der Waals surface area (Å²) in [5.74, 6) is -0.162. The topological polar surface area (TPSA) is 12.0 Å². The molecule has 0 aromatic carbocycles. The lowest BCUT2D eigenvalue weighted by molar-refractivity contribution is -0.147. The smallest absolute Gasteiger partial charge is 0.316 e. The average Bonchev–Trinajstić information content (AvgIpc) is 1.53. The fourth-order valence-corrected chi connectivity index (χ4v) is 0.820. The summed E-state index contributed by atoms with van der Waals surface area (Å²) in [5, 5.41) is 2.78. The van der Waals surface area contributed by atoms with E-state index in [4.69, 9.17) is 0 Å². The molecule has 1 nitrogen and oxygen atoms in total. The molecule has 0 bridgehead atoms. The van der Waals surface area contributed by atoms with Crippen LogP contribution in [0.25, 0.3) is 0 Å². The van der Waals surface area contributed by atoms with Crippen molar-refractivity contribution in [1.29, 1.82) is 0 Å². The number of halogens is 4. The molecule has 1 aliphatic heterocycles. The lowest BCUT2D eigenvalue weighted by atomic mass is 9.99. The Morgan fingerprint density at radius 1 is 1.30 bits per heavy atom. The molecule has 0 atom stereocenters. The molecule has 1 heterocycles. The van der Waals surface area contributed by atoms with Crippen molar-refractivity contribution in [3.63, 3.8) is 0 Å². The van der Waals surface area contributed by atoms with Gasteiger partial charge in [-0.15, -0.1) is 12.4 Å². The molecule has 1 N–H and O–H groups in total. The molecule has 10 heavy (non-hydrogen) atoms. The molecule has 0 aliphatic carbocycles. The first-order valence-electron chi connectivity index (χ1n) is 2.85. The first-order valence-corrected chi connectivity index (χ1v) is 2.85. The molecule has 0 radical (unpaired) electrons. The van der Waals surface area contributed by atoms with Crippen molar-refractivity contribution in [2.75, 3.05) is 13.1 Å². The zero-order valence-corrected chi connectivity index (χ0v) is 6.06. The summed E-state index contributed by atoms with van der Waals surface area (Å²) in [5.41, 5.74) is 0. The summed E-state index contributed by atoms with van der Waals surface area (Å²) in [7, 11) is 0. The van der Waals surface area contributed by atoms with Crippen molar-refractivity contribution in [3.05, 3.63) is 0 Å². The summed E-state index contributed by atoms with van der Waals surface area (Å²) in [4.78, 5) is 0. The lowest BCUT2D eigenvalue weighted by Gasteiger charge is -2.27. The number of rotatable bonds is 1. The van der Waals surface area contributed by atoms with Crippen LogP contribution in [0.4, 0.5) is 13.2 Å². The third-order valence-electron chi connectivity index (χ3n) is 1.39. The van der Waals surface area contributed by atoms with Gasteiger partial charge in [-0.2, -0.15) is 13.2 Å². The van der Waals surface area contributed by atoms with Crippen molar-refractivity contribution < 1.29 is 13.2 Å². The van der Waals surface area contributed by atoms with Crippen LogP contribution >= 0.6 is 12.4 Å². The first-order chi connectivity index (χ1) is 4.08. The van der Waals surface area contributed by atoms with Gasteiger partial charge >= 0.3 is 6.18 Å². The predicted octanol–water partition coefficient (Wildman–Crippen LogP) is 1.58. The minimum absolute atomic E-state index is 0. The minimum Gasteiger partial charge on any atom is -0.316 e. The maximum absolute atomic E-state index is 11.5. The number of alkyl halides is 3. The van der Waals surface area contributed by atoms with E-state index in [2.05, 4.69) is 5.32 Å². The van der Waals surface area contributed by atoms with Gasteiger partial charge in [-0.1, -0.05) is 0 Å². The van der Waals surface area contributed by atoms with Crippen LogP contribution in [0, 0.1) is 5.92 Å². The monoisotopic (exact) mass is 175 g/mol. The second-order valence-electron chi connectivity index (χ2n) is 2.34. The summed E-state index contributed by atoms with van der Waals surface area (Å²) >= 11 is 0. The van der Waals surface area contributed by atoms with Gasteiger partial charge in [0, 0.05) is 6.42 Å². The van der Waals surface area contributed by atoms with Crippen LogP contribution in [-0.4, -0.2) is 19.3 Å². The van der Waals surface area contributed by atoms with Gasteiger partial charge in [-0.25, -0.2) is 0 Å². The molecule has 1 aliphatic rings. The number of nitrogens with one attached hydrogen (secondary N) is 1. The molecule has 1 fully saturated rings. The fourth-order valence-electron chi connectivity index (χ4n) is 0.820. The molecule has 0 unspecified atom stereocenters. The van der Waals surface area contributed by atoms with E-state index in [1.165, 1.54) is 0 Å². The van der Waals surface area contributed by atoms with Crippen molar-refractivity contribution in [1.82, 2.24) is 5.32 Å². The molecule has 0 spiro atoms. The van der Waals surface area contributed by atoms with Gasteiger partial charge in [0.05, 0.1) is 0 Å². The molecule has 0 aromatic rings. The zero-order valence-electron chi connectivity index (χ0n) is 5.24. The Hall–Kier alpha value is 0.0400. The highest BCUT2D eigenvalue weighted by atomic mass is 35.5. The van der Waals surface area contributed by atoms with E-state index in [1.807, 2.05) is 0 Å². The van der Waals surface area contributed by atoms with Gasteiger partial charge in [0.25, 0.3) is 0 Å². The molecule has 0 saturated carbocycles. The average molecular weight is 176 g/mol. The summed E-state index contributed by atoms with van der Waals surface area (Å²) in [6.45, 7) is 1.05. The second-order valence-corrected chi connectivity index (χ2v) is 2.34. The van der Waals surface area contributed by atoms with E-state index in [-0.39, 0.29) is 18.3 Å². The minimum atomic E-state index is -3.97. The quantitative estimate of drug-likeness (QED) is 0.638. The molecular formula is C5H9ClF3N. The van der Waals surface area contributed by atoms with Crippen molar-refractivity contribution >= 4 is 12.4 Å². The Balaban J connectivity index is 0.000000810. The van der Waals surface area contributed by atoms with E-state index < -0.39 is 12.6 Å². The van der Waals surface area contributed by atoms with Gasteiger partial charge in [-0.05, 0) is 19.0 Å². The van der Waals surface area contributed by atoms with Gasteiger partial charge in [0.2, 0.25) is 0 Å². The molecule has 0 amide bonds. The van der Waals surface area contributed by atoms with Gasteiger partial charge < -0.3 is 5.32 Å². The standard InChI is InChI=1S/C5H8F3N.ClH/c6-5(7,8)1-4-2-9-3-4;/h4,9H,1-3H2;1H. The molecular weight excluding hydrogens is 167 g/mol. The van der Waals surface area contributed by atoms with E-state index in [1.54, 1.807) is 0 Å². The Bertz CT molecular complexity index is 99.6. The fraction of sp³-hybridized carbons (Fsp3) is 1.00. The number of hydrogen-bond donors (Lipinski definition) is 1. The molecule has 5 heteroatoms. The van der Waals surface area contributed by atoms with Crippen LogP contribution in [0.15, 0.2) is 0 Å². The molecule has 0 aromatic heterocycles. The van der Waals surface area contributed by atoms with Crippen LogP contribution in [0.1, 0.15) is 6.42 Å². The first kappa shape index (κ1) is 10.0. The van der Waals surface area contributed by atoms with Crippen LogP contribution in [0.3, 0.4) is 0 Å². The van der Waals surface area contributed by atoms with Crippen molar-refractivity contribution in [2.45, 2.75) is 12.6 Å². The van der Waals surface area contributed by atoms with E-state index >= 15 is 0 Å². The SMILES string of the molecule is Cl.FC(F)(F)CC1CNC1. The molecule has 1 rings (SSSR count). The summed E-state index contributed by atoms with van der Waals surface area (Å²) < 4.78 is 34.5. The summed E-state index contributed by atoms with van der Waals surface area (Å²) in [6.07, 6.45) is -4.59. The van der Waals surface area contributed by atoms with E-state index in [0.717, 1.165) is 0 Å². The van der Waals surface area contributed by atoms with Crippen LogP contribution < -0.4 is 5.32 Å². The number of hydrogen-bond acceptors (Lipinski definition) is 1.